The van der Waals surface area contributed by atoms with E-state index in [4.69, 9.17) is 8.85 Å². The van der Waals surface area contributed by atoms with Gasteiger partial charge < -0.3 is 8.85 Å². The number of hydrogen-bond donors (Lipinski definition) is 0. The van der Waals surface area contributed by atoms with E-state index in [0.29, 0.717) is 0 Å². The van der Waals surface area contributed by atoms with Crippen molar-refractivity contribution >= 4 is 27.9 Å². The lowest BCUT2D eigenvalue weighted by Gasteiger charge is -2.17. The normalized spacial score (nSPS) is 12.0. The number of rotatable bonds is 3. The molecule has 0 aliphatic heterocycles. The van der Waals surface area contributed by atoms with Crippen molar-refractivity contribution in [2.75, 3.05) is 14.2 Å². The summed E-state index contributed by atoms with van der Waals surface area (Å²) in [4.78, 5) is 0. The molecule has 0 saturated heterocycles. The first-order valence-corrected chi connectivity index (χ1v) is 7.61. The smallest absolute Gasteiger partial charge is 0.390 e. The van der Waals surface area contributed by atoms with Crippen molar-refractivity contribution in [3.63, 3.8) is 0 Å². The maximum absolute atomic E-state index is 5.14. The van der Waals surface area contributed by atoms with Crippen LogP contribution in [0.4, 0.5) is 0 Å². The van der Waals surface area contributed by atoms with Crippen molar-refractivity contribution in [1.29, 1.82) is 0 Å². The van der Waals surface area contributed by atoms with E-state index in [1.807, 2.05) is 0 Å². The third-order valence-electron chi connectivity index (χ3n) is 1.03. The highest BCUT2D eigenvalue weighted by Gasteiger charge is 2.28. The summed E-state index contributed by atoms with van der Waals surface area (Å²) >= 11 is 2.26. The van der Waals surface area contributed by atoms with E-state index in [2.05, 4.69) is 28.7 Å². The molecule has 0 unspecified atom stereocenters. The van der Waals surface area contributed by atoms with Gasteiger partial charge in [-0.25, -0.2) is 0 Å². The minimum absolute atomic E-state index is 1.00. The van der Waals surface area contributed by atoms with Crippen molar-refractivity contribution in [1.82, 2.24) is 0 Å². The molecule has 0 aromatic rings. The fraction of sp³-hybridized carbons (Fsp3) is 1.00. The molecule has 0 rings (SSSR count). The Balaban J connectivity index is 3.58. The van der Waals surface area contributed by atoms with E-state index < -0.39 is 6.06 Å². The predicted molar refractivity (Wildman–Crippen MR) is 44.3 cm³/mol. The molecule has 0 bridgehead atoms. The zero-order valence-electron chi connectivity index (χ0n) is 5.40. The summed E-state index contributed by atoms with van der Waals surface area (Å²) in [5.41, 5.74) is 0. The average Bonchev–Trinajstić information content (AvgIpc) is 1.87. The van der Waals surface area contributed by atoms with E-state index in [9.17, 15) is 0 Å². The first-order valence-electron chi connectivity index (χ1n) is 2.47. The molecular weight excluding hydrogens is 235 g/mol. The van der Waals surface area contributed by atoms with Crippen LogP contribution in [0.5, 0.6) is 0 Å². The molecule has 0 N–H and O–H groups in total. The summed E-state index contributed by atoms with van der Waals surface area (Å²) in [6.07, 6.45) is 0. The summed E-state index contributed by atoms with van der Waals surface area (Å²) in [6, 6.07) is -0.701. The molecule has 0 amide bonds. The van der Waals surface area contributed by atoms with E-state index in [0.717, 1.165) is 6.04 Å². The Kier molecular flexibility index (Phi) is 4.22. The van der Waals surface area contributed by atoms with Gasteiger partial charge in [0.05, 0.1) is 0 Å². The van der Waals surface area contributed by atoms with E-state index in [1.165, 1.54) is 0 Å². The molecule has 2 nitrogen and oxygen atoms in total. The third kappa shape index (κ3) is 2.43. The van der Waals surface area contributed by atoms with Crippen LogP contribution in [0.25, 0.3) is 0 Å². The molecule has 0 atom stereocenters. The molecule has 0 aromatic carbocycles. The van der Waals surface area contributed by atoms with Gasteiger partial charge in [0, 0.05) is 14.2 Å². The summed E-state index contributed by atoms with van der Waals surface area (Å²) < 4.78 is 10.3. The minimum Gasteiger partial charge on any atom is -0.390 e. The van der Waals surface area contributed by atoms with Crippen LogP contribution in [-0.4, -0.2) is 20.3 Å². The summed E-state index contributed by atoms with van der Waals surface area (Å²) in [7, 11) is 3.40. The van der Waals surface area contributed by atoms with Gasteiger partial charge in [-0.15, -0.1) is 0 Å². The highest BCUT2D eigenvalue weighted by molar-refractivity contribution is 14.1. The molecule has 0 spiro atoms. The van der Waals surface area contributed by atoms with E-state index in [1.54, 1.807) is 14.2 Å². The molecule has 0 aromatic heterocycles. The largest absolute Gasteiger partial charge is 0.407 e. The van der Waals surface area contributed by atoms with Gasteiger partial charge in [0.15, 0.2) is 0 Å². The van der Waals surface area contributed by atoms with Crippen LogP contribution >= 0.6 is 21.8 Å². The van der Waals surface area contributed by atoms with Crippen molar-refractivity contribution in [2.24, 2.45) is 0 Å². The standard InChI is InChI=1S/C4H11IO2Si/c1-4-8(5,6-2)7-3/h4H2,1-3H3. The molecule has 0 saturated carbocycles. The number of halogens is 1. The van der Waals surface area contributed by atoms with Gasteiger partial charge in [0.2, 0.25) is 0 Å². The average molecular weight is 246 g/mol. The van der Waals surface area contributed by atoms with Crippen molar-refractivity contribution in [3.05, 3.63) is 0 Å². The van der Waals surface area contributed by atoms with Gasteiger partial charge in [0.25, 0.3) is 0 Å². The molecule has 8 heavy (non-hydrogen) atoms. The second kappa shape index (κ2) is 3.81. The lowest BCUT2D eigenvalue weighted by molar-refractivity contribution is 0.274. The van der Waals surface area contributed by atoms with Gasteiger partial charge in [0.1, 0.15) is 0 Å². The molecule has 0 radical (unpaired) electrons. The van der Waals surface area contributed by atoms with Crippen molar-refractivity contribution in [3.8, 4) is 0 Å². The molecule has 0 heterocycles. The molecule has 0 fully saturated rings. The van der Waals surface area contributed by atoms with Crippen LogP contribution in [0.2, 0.25) is 6.04 Å². The maximum atomic E-state index is 5.14. The van der Waals surface area contributed by atoms with Crippen molar-refractivity contribution < 1.29 is 8.85 Å². The molecule has 50 valence electrons. The fourth-order valence-electron chi connectivity index (χ4n) is 0.372. The van der Waals surface area contributed by atoms with Gasteiger partial charge in [-0.2, -0.15) is 0 Å². The topological polar surface area (TPSA) is 18.5 Å². The van der Waals surface area contributed by atoms with Gasteiger partial charge in [-0.1, -0.05) is 6.92 Å². The lowest BCUT2D eigenvalue weighted by Crippen LogP contribution is -2.30. The lowest BCUT2D eigenvalue weighted by atomic mass is 11.0. The maximum Gasteiger partial charge on any atom is 0.407 e. The van der Waals surface area contributed by atoms with Crippen LogP contribution in [0.15, 0.2) is 0 Å². The quantitative estimate of drug-likeness (QED) is 0.428. The summed E-state index contributed by atoms with van der Waals surface area (Å²) in [5.74, 6) is 0. The van der Waals surface area contributed by atoms with Crippen LogP contribution in [-0.2, 0) is 8.85 Å². The van der Waals surface area contributed by atoms with E-state index >= 15 is 0 Å². The number of hydrogen-bond acceptors (Lipinski definition) is 2. The van der Waals surface area contributed by atoms with Gasteiger partial charge >= 0.3 is 6.06 Å². The summed E-state index contributed by atoms with van der Waals surface area (Å²) in [6.45, 7) is 2.08. The molecule has 0 aliphatic carbocycles. The summed E-state index contributed by atoms with van der Waals surface area (Å²) in [5, 5.41) is 0. The van der Waals surface area contributed by atoms with E-state index in [-0.39, 0.29) is 0 Å². The van der Waals surface area contributed by atoms with Crippen LogP contribution in [0.1, 0.15) is 6.92 Å². The molecular formula is C4H11IO2Si. The molecule has 0 aliphatic rings. The first kappa shape index (κ1) is 8.87. The molecule has 4 heteroatoms. The monoisotopic (exact) mass is 246 g/mol. The minimum atomic E-state index is -1.70. The Morgan fingerprint density at radius 2 is 1.75 bits per heavy atom. The van der Waals surface area contributed by atoms with Gasteiger partial charge in [-0.3, -0.25) is 0 Å². The second-order valence-corrected chi connectivity index (χ2v) is 9.20. The van der Waals surface area contributed by atoms with Crippen LogP contribution in [0.3, 0.4) is 0 Å². The van der Waals surface area contributed by atoms with Crippen LogP contribution in [0, 0.1) is 0 Å². The highest BCUT2D eigenvalue weighted by atomic mass is 127. The Morgan fingerprint density at radius 3 is 1.75 bits per heavy atom. The SMILES string of the molecule is CC[Si](I)(OC)OC. The van der Waals surface area contributed by atoms with Crippen LogP contribution < -0.4 is 0 Å². The zero-order valence-corrected chi connectivity index (χ0v) is 8.56. The Morgan fingerprint density at radius 1 is 1.38 bits per heavy atom. The Hall–Kier alpha value is 0.867. The van der Waals surface area contributed by atoms with Gasteiger partial charge in [-0.05, 0) is 27.8 Å². The zero-order chi connectivity index (χ0) is 6.62. The third-order valence-corrected chi connectivity index (χ3v) is 8.03. The highest BCUT2D eigenvalue weighted by Crippen LogP contribution is 2.18. The predicted octanol–water partition coefficient (Wildman–Crippen LogP) is 1.67. The fourth-order valence-corrected chi connectivity index (χ4v) is 1.12. The second-order valence-electron chi connectivity index (χ2n) is 1.42. The first-order chi connectivity index (χ1) is 3.68. The Bertz CT molecular complexity index is 56.8. The van der Waals surface area contributed by atoms with Crippen molar-refractivity contribution in [2.45, 2.75) is 13.0 Å². The Labute approximate surface area is 64.0 Å².